The van der Waals surface area contributed by atoms with Crippen LogP contribution in [0, 0.1) is 5.92 Å². The van der Waals surface area contributed by atoms with Crippen molar-refractivity contribution in [3.63, 3.8) is 0 Å². The fourth-order valence-corrected chi connectivity index (χ4v) is 17.8. The lowest BCUT2D eigenvalue weighted by Gasteiger charge is -2.36. The summed E-state index contributed by atoms with van der Waals surface area (Å²) in [6, 6.07) is 2.79. The Balaban J connectivity index is 4.38. The molecule has 7 unspecified atom stereocenters. The molecule has 1 aromatic rings. The number of hydrogen-bond acceptors (Lipinski definition) is 28. The van der Waals surface area contributed by atoms with Gasteiger partial charge in [0.05, 0.1) is 36.4 Å². The van der Waals surface area contributed by atoms with Crippen molar-refractivity contribution in [1.29, 1.82) is 0 Å². The standard InChI is InChI=1S/C113H191N11O23S/c1-86(131)119-98(85-148-84-88(63-45-40-36-32-28-24-22-26-30-34-38-42-49-68-101(134)135)62-44-39-35-31-27-23-20-21-25-29-33-37-41-48-67-100(132)133)95(79-128)123-97(83-142-107(2,3)4)94(78-127)121-90(65-51-56-73-116-104(138)145-110(11,12)13)92(76-125)120-89(64-50-55-72-115-103(137)144-109(8,9)10)93(77-126)122-91(66-52-57-74-117-105(139)146-111(14,15)16)96(80-129)124-113(102(136)141-82-87-60-46-43-47-61-87,70-54-59-75-118-106(140)147-112(17,18)19)69-53-58-71-114-99(81-130)143-108(5,6)7/h43,46-47,60-61,88-91,97-98,114,120-124H,20-42,44-45,48-59,62-75,82-85H2,1-19H3,(H,115,137)(H,116,138)(H,117,139)(H,118,140)(H,119,131)(H,132,133)(H,134,135). The Morgan fingerprint density at radius 2 is 0.615 bits per heavy atom. The highest BCUT2D eigenvalue weighted by Crippen LogP contribution is 2.31. The van der Waals surface area contributed by atoms with Gasteiger partial charge in [-0.1, -0.05) is 191 Å². The van der Waals surface area contributed by atoms with Crippen LogP contribution >= 0.6 is 11.8 Å². The van der Waals surface area contributed by atoms with Gasteiger partial charge >= 0.3 is 42.3 Å². The maximum atomic E-state index is 15.6. The van der Waals surface area contributed by atoms with E-state index in [2.05, 4.69) is 82.3 Å². The summed E-state index contributed by atoms with van der Waals surface area (Å²) in [5, 5.41) is 51.4. The number of esters is 1. The molecule has 0 aliphatic carbocycles. The van der Waals surface area contributed by atoms with Crippen LogP contribution in [0.1, 0.15) is 432 Å². The van der Waals surface area contributed by atoms with E-state index in [1.165, 1.54) is 84.0 Å². The third-order valence-electron chi connectivity index (χ3n) is 23.8. The number of nitrogens with one attached hydrogen (secondary N) is 11. The Labute approximate surface area is 889 Å². The van der Waals surface area contributed by atoms with Crippen LogP contribution in [0.2, 0.25) is 0 Å². The first kappa shape index (κ1) is 136. The number of carboxylic acids is 2. The van der Waals surface area contributed by atoms with E-state index < -0.39 is 118 Å². The lowest BCUT2D eigenvalue weighted by atomic mass is 9.85. The predicted octanol–water partition coefficient (Wildman–Crippen LogP) is 20.4. The summed E-state index contributed by atoms with van der Waals surface area (Å²) in [6.07, 6.45) is 31.8. The summed E-state index contributed by atoms with van der Waals surface area (Å²) >= 11 is 1.61. The number of carboxylic acid groups (broad SMARTS) is 2. The molecule has 0 aliphatic heterocycles. The molecule has 842 valence electrons. The maximum absolute atomic E-state index is 15.6. The largest absolute Gasteiger partial charge is 0.481 e. The number of rotatable bonds is 85. The second-order valence-electron chi connectivity index (χ2n) is 44.8. The molecule has 0 spiro atoms. The van der Waals surface area contributed by atoms with E-state index >= 15 is 4.79 Å². The van der Waals surface area contributed by atoms with Crippen LogP contribution in [0.5, 0.6) is 0 Å². The van der Waals surface area contributed by atoms with Crippen LogP contribution in [-0.2, 0) is 87.7 Å². The minimum absolute atomic E-state index is 0.0179. The van der Waals surface area contributed by atoms with Crippen molar-refractivity contribution in [1.82, 2.24) is 58.5 Å². The van der Waals surface area contributed by atoms with E-state index in [4.69, 9.17) is 43.4 Å². The van der Waals surface area contributed by atoms with E-state index in [1.54, 1.807) is 161 Å². The number of aliphatic carboxylic acids is 2. The minimum atomic E-state index is -1.81. The molecule has 0 bridgehead atoms. The number of thioether (sulfide) groups is 1. The minimum Gasteiger partial charge on any atom is -0.481 e. The zero-order chi connectivity index (χ0) is 111. The number of alkyl carbamates (subject to hydrolysis) is 4. The zero-order valence-electron chi connectivity index (χ0n) is 93.6. The van der Waals surface area contributed by atoms with Crippen molar-refractivity contribution in [2.24, 2.45) is 5.92 Å². The topological polar surface area (TPSA) is 476 Å². The molecule has 0 heterocycles. The van der Waals surface area contributed by atoms with Crippen LogP contribution in [0.3, 0.4) is 0 Å². The van der Waals surface area contributed by atoms with E-state index in [9.17, 15) is 62.3 Å². The first-order valence-electron chi connectivity index (χ1n) is 54.8. The molecule has 35 heteroatoms. The molecule has 5 amide bonds. The summed E-state index contributed by atoms with van der Waals surface area (Å²) in [5.41, 5.74) is -7.35. The summed E-state index contributed by atoms with van der Waals surface area (Å²) in [6.45, 7) is 32.7. The average Bonchev–Trinajstić information content (AvgIpc) is 0.805. The Hall–Kier alpha value is -10.2. The highest BCUT2D eigenvalue weighted by molar-refractivity contribution is 7.99. The number of hydrogen-bond donors (Lipinski definition) is 13. The van der Waals surface area contributed by atoms with Crippen LogP contribution in [0.25, 0.3) is 0 Å². The third kappa shape index (κ3) is 74.7. The number of unbranched alkanes of at least 4 members (excludes halogenated alkanes) is 30. The fraction of sp³-hybridized carbons (Fsp3) is 0.770. The number of carbonyl (C=O) groups excluding carboxylic acids is 12. The normalized spacial score (nSPS) is 13.2. The van der Waals surface area contributed by atoms with Gasteiger partial charge in [-0.3, -0.25) is 14.4 Å². The van der Waals surface area contributed by atoms with Gasteiger partial charge in [0.2, 0.25) is 5.91 Å². The lowest BCUT2D eigenvalue weighted by molar-refractivity contribution is -0.154. The van der Waals surface area contributed by atoms with Crippen molar-refractivity contribution in [2.75, 3.05) is 50.8 Å². The Morgan fingerprint density at radius 3 is 0.932 bits per heavy atom. The van der Waals surface area contributed by atoms with Gasteiger partial charge in [0.1, 0.15) is 104 Å². The van der Waals surface area contributed by atoms with Crippen LogP contribution < -0.4 is 58.5 Å². The monoisotopic (exact) mass is 2100 g/mol. The van der Waals surface area contributed by atoms with Gasteiger partial charge in [-0.15, -0.1) is 0 Å². The van der Waals surface area contributed by atoms with Crippen molar-refractivity contribution < 1.29 is 110 Å². The first-order valence-corrected chi connectivity index (χ1v) is 55.9. The Bertz CT molecular complexity index is 4260. The summed E-state index contributed by atoms with van der Waals surface area (Å²) in [5.74, 6) is 10.6. The van der Waals surface area contributed by atoms with Gasteiger partial charge in [0.25, 0.3) is 5.88 Å². The van der Waals surface area contributed by atoms with Crippen LogP contribution in [0.15, 0.2) is 64.7 Å². The highest BCUT2D eigenvalue weighted by Gasteiger charge is 2.42. The Kier molecular flexibility index (Phi) is 71.6. The SMILES string of the molecule is CC(=O)NC(CSCC(CCCCCCCCCCCCCCCCC(=O)O)CCCCCCCCCCCCCCCC(=O)O)C(=C=O)NC(COC(C)(C)C)C(=C=O)NC(CCCCNC(=O)OC(C)(C)C)C(=C=O)NC(CCCCNC(=O)OC(C)(C)C)C(=C=O)NC(CCCCNC(=O)OC(C)(C)C)C(=C=O)NC(CCCCNC(=O)OC(C)(C)C)(CCCCNC(=C=O)OC(C)(C)C)C(=O)OCc1ccccc1. The molecule has 0 saturated carbocycles. The van der Waals surface area contributed by atoms with Gasteiger partial charge in [0.15, 0.2) is 5.94 Å². The molecule has 7 atom stereocenters. The van der Waals surface area contributed by atoms with E-state index in [0.29, 0.717) is 17.9 Å². The maximum Gasteiger partial charge on any atom is 0.407 e. The van der Waals surface area contributed by atoms with E-state index in [-0.39, 0.29) is 189 Å². The van der Waals surface area contributed by atoms with E-state index in [0.717, 1.165) is 115 Å². The van der Waals surface area contributed by atoms with Crippen molar-refractivity contribution >= 4 is 95.6 Å². The van der Waals surface area contributed by atoms with Gasteiger partial charge in [0, 0.05) is 58.2 Å². The number of carbonyl (C=O) groups is 8. The van der Waals surface area contributed by atoms with Gasteiger partial charge in [-0.05, 0) is 264 Å². The smallest absolute Gasteiger partial charge is 0.407 e. The quantitative estimate of drug-likeness (QED) is 0.00947. The Morgan fingerprint density at radius 1 is 0.318 bits per heavy atom. The molecular formula is C113H191N11O23S. The van der Waals surface area contributed by atoms with Crippen LogP contribution in [-0.4, -0.2) is 214 Å². The van der Waals surface area contributed by atoms with Gasteiger partial charge < -0.3 is 102 Å². The second kappa shape index (κ2) is 78.0. The van der Waals surface area contributed by atoms with Crippen molar-refractivity contribution in [2.45, 2.75) is 503 Å². The molecule has 0 radical (unpaired) electrons. The number of amides is 5. The first-order chi connectivity index (χ1) is 70.0. The molecule has 0 fully saturated rings. The second-order valence-corrected chi connectivity index (χ2v) is 45.9. The molecule has 1 rings (SSSR count). The number of ether oxygens (including phenoxy) is 7. The highest BCUT2D eigenvalue weighted by atomic mass is 32.2. The lowest BCUT2D eigenvalue weighted by Crippen LogP contribution is -2.56. The molecule has 148 heavy (non-hydrogen) atoms. The summed E-state index contributed by atoms with van der Waals surface area (Å²) < 4.78 is 40.7. The third-order valence-corrected chi connectivity index (χ3v) is 25.1. The molecule has 0 aromatic heterocycles. The molecule has 34 nitrogen and oxygen atoms in total. The van der Waals surface area contributed by atoms with Gasteiger partial charge in [-0.25, -0.2) is 52.7 Å². The number of benzene rings is 1. The van der Waals surface area contributed by atoms with Crippen LogP contribution in [0.4, 0.5) is 19.2 Å². The van der Waals surface area contributed by atoms with E-state index in [1.807, 2.05) is 17.9 Å². The predicted molar refractivity (Wildman–Crippen MR) is 583 cm³/mol. The molecule has 1 aromatic carbocycles. The van der Waals surface area contributed by atoms with Gasteiger partial charge in [-0.2, -0.15) is 11.8 Å². The molecular weight excluding hydrogens is 1910 g/mol. The molecule has 0 saturated heterocycles. The van der Waals surface area contributed by atoms with Crippen molar-refractivity contribution in [3.05, 3.63) is 70.3 Å². The van der Waals surface area contributed by atoms with Crippen molar-refractivity contribution in [3.8, 4) is 0 Å². The average molecular weight is 2100 g/mol. The molecule has 13 N–H and O–H groups in total. The zero-order valence-corrected chi connectivity index (χ0v) is 94.4. The fourth-order valence-electron chi connectivity index (χ4n) is 16.5. The molecule has 0 aliphatic rings. The summed E-state index contributed by atoms with van der Waals surface area (Å²) in [4.78, 5) is 187. The summed E-state index contributed by atoms with van der Waals surface area (Å²) in [7, 11) is 0.